The van der Waals surface area contributed by atoms with Crippen LogP contribution in [-0.4, -0.2) is 20.8 Å². The highest BCUT2D eigenvalue weighted by atomic mass is 16.2. The normalized spacial score (nSPS) is 11.8. The van der Waals surface area contributed by atoms with Gasteiger partial charge in [0.2, 0.25) is 0 Å². The van der Waals surface area contributed by atoms with E-state index in [1.165, 1.54) is 0 Å². The molecule has 0 aliphatic carbocycles. The standard InChI is InChI=1S/C18H19N5O/c1-13-12-16(23(2)22-13)20-18(24)21-17(14-8-4-3-5-9-14)15-10-6-7-11-19-15/h3-12,17H,1-2H3,(H2,20,21,24)/t17-/m1/s1. The highest BCUT2D eigenvalue weighted by Gasteiger charge is 2.18. The van der Waals surface area contributed by atoms with Gasteiger partial charge in [0, 0.05) is 19.3 Å². The maximum absolute atomic E-state index is 12.4. The molecule has 3 aromatic rings. The molecule has 1 atom stereocenters. The predicted molar refractivity (Wildman–Crippen MR) is 92.6 cm³/mol. The number of nitrogens with zero attached hydrogens (tertiary/aromatic N) is 3. The summed E-state index contributed by atoms with van der Waals surface area (Å²) in [4.78, 5) is 16.8. The third-order valence-electron chi connectivity index (χ3n) is 3.64. The zero-order chi connectivity index (χ0) is 16.9. The molecule has 24 heavy (non-hydrogen) atoms. The largest absolute Gasteiger partial charge is 0.325 e. The minimum absolute atomic E-state index is 0.308. The van der Waals surface area contributed by atoms with E-state index < -0.39 is 0 Å². The number of urea groups is 1. The predicted octanol–water partition coefficient (Wildman–Crippen LogP) is 3.03. The summed E-state index contributed by atoms with van der Waals surface area (Å²) in [5.74, 6) is 0.637. The van der Waals surface area contributed by atoms with Crippen molar-refractivity contribution in [3.63, 3.8) is 0 Å². The molecular formula is C18H19N5O. The average molecular weight is 321 g/mol. The molecule has 0 aliphatic heterocycles. The van der Waals surface area contributed by atoms with Gasteiger partial charge in [0.25, 0.3) is 0 Å². The number of aromatic nitrogens is 3. The number of aryl methyl sites for hydroxylation is 2. The van der Waals surface area contributed by atoms with Crippen LogP contribution in [-0.2, 0) is 7.05 Å². The summed E-state index contributed by atoms with van der Waals surface area (Å²) < 4.78 is 1.63. The number of carbonyl (C=O) groups excluding carboxylic acids is 1. The summed E-state index contributed by atoms with van der Waals surface area (Å²) in [6, 6.07) is 16.6. The molecule has 0 fully saturated rings. The fraction of sp³-hybridized carbons (Fsp3) is 0.167. The minimum Gasteiger partial charge on any atom is -0.325 e. The van der Waals surface area contributed by atoms with E-state index in [2.05, 4.69) is 20.7 Å². The van der Waals surface area contributed by atoms with Crippen LogP contribution in [0, 0.1) is 6.92 Å². The molecule has 2 aromatic heterocycles. The number of anilines is 1. The summed E-state index contributed by atoms with van der Waals surface area (Å²) >= 11 is 0. The lowest BCUT2D eigenvalue weighted by Gasteiger charge is -2.19. The van der Waals surface area contributed by atoms with Gasteiger partial charge < -0.3 is 5.32 Å². The van der Waals surface area contributed by atoms with Gasteiger partial charge in [0.1, 0.15) is 5.82 Å². The van der Waals surface area contributed by atoms with E-state index in [-0.39, 0.29) is 12.1 Å². The number of benzene rings is 1. The maximum atomic E-state index is 12.4. The van der Waals surface area contributed by atoms with E-state index in [1.54, 1.807) is 17.9 Å². The molecule has 0 bridgehead atoms. The fourth-order valence-electron chi connectivity index (χ4n) is 2.53. The lowest BCUT2D eigenvalue weighted by molar-refractivity contribution is 0.249. The Morgan fingerprint density at radius 1 is 1.12 bits per heavy atom. The number of hydrogen-bond donors (Lipinski definition) is 2. The quantitative estimate of drug-likeness (QED) is 0.776. The topological polar surface area (TPSA) is 71.8 Å². The van der Waals surface area contributed by atoms with Crippen molar-refractivity contribution in [2.45, 2.75) is 13.0 Å². The Hall–Kier alpha value is -3.15. The first-order chi connectivity index (χ1) is 11.6. The molecule has 3 rings (SSSR count). The van der Waals surface area contributed by atoms with Crippen molar-refractivity contribution in [2.75, 3.05) is 5.32 Å². The van der Waals surface area contributed by atoms with Gasteiger partial charge in [-0.15, -0.1) is 0 Å². The Morgan fingerprint density at radius 3 is 2.50 bits per heavy atom. The van der Waals surface area contributed by atoms with Crippen LogP contribution in [0.1, 0.15) is 23.0 Å². The van der Waals surface area contributed by atoms with Crippen LogP contribution in [0.15, 0.2) is 60.8 Å². The summed E-state index contributed by atoms with van der Waals surface area (Å²) in [7, 11) is 1.79. The first-order valence-electron chi connectivity index (χ1n) is 7.67. The number of amides is 2. The van der Waals surface area contributed by atoms with Crippen LogP contribution in [0.4, 0.5) is 10.6 Å². The van der Waals surface area contributed by atoms with Crippen LogP contribution in [0.25, 0.3) is 0 Å². The van der Waals surface area contributed by atoms with Crippen LogP contribution >= 0.6 is 0 Å². The number of pyridine rings is 1. The maximum Gasteiger partial charge on any atom is 0.321 e. The minimum atomic E-state index is -0.332. The number of rotatable bonds is 4. The van der Waals surface area contributed by atoms with Gasteiger partial charge in [0.05, 0.1) is 17.4 Å². The third-order valence-corrected chi connectivity index (χ3v) is 3.64. The van der Waals surface area contributed by atoms with E-state index in [4.69, 9.17) is 0 Å². The molecule has 0 saturated carbocycles. The Bertz CT molecular complexity index is 774. The van der Waals surface area contributed by atoms with Crippen molar-refractivity contribution < 1.29 is 4.79 Å². The Balaban J connectivity index is 1.82. The number of nitrogens with one attached hydrogen (secondary N) is 2. The van der Waals surface area contributed by atoms with Gasteiger partial charge in [-0.3, -0.25) is 15.0 Å². The van der Waals surface area contributed by atoms with E-state index in [0.717, 1.165) is 17.0 Å². The van der Waals surface area contributed by atoms with Gasteiger partial charge in [-0.2, -0.15) is 5.10 Å². The Morgan fingerprint density at radius 2 is 1.88 bits per heavy atom. The molecule has 2 heterocycles. The molecule has 1 aromatic carbocycles. The SMILES string of the molecule is Cc1cc(NC(=O)N[C@H](c2ccccc2)c2ccccn2)n(C)n1. The molecular weight excluding hydrogens is 302 g/mol. The van der Waals surface area contributed by atoms with E-state index >= 15 is 0 Å². The average Bonchev–Trinajstić information content (AvgIpc) is 2.91. The molecule has 0 aliphatic rings. The lowest BCUT2D eigenvalue weighted by Crippen LogP contribution is -2.34. The lowest BCUT2D eigenvalue weighted by atomic mass is 10.0. The molecule has 2 N–H and O–H groups in total. The van der Waals surface area contributed by atoms with Crippen LogP contribution in [0.2, 0.25) is 0 Å². The highest BCUT2D eigenvalue weighted by Crippen LogP contribution is 2.20. The molecule has 0 unspecified atom stereocenters. The van der Waals surface area contributed by atoms with Crippen LogP contribution in [0.5, 0.6) is 0 Å². The zero-order valence-corrected chi connectivity index (χ0v) is 13.6. The molecule has 2 amide bonds. The second kappa shape index (κ2) is 6.95. The van der Waals surface area contributed by atoms with Crippen molar-refractivity contribution in [2.24, 2.45) is 7.05 Å². The first kappa shape index (κ1) is 15.7. The second-order valence-corrected chi connectivity index (χ2v) is 5.49. The number of carbonyl (C=O) groups is 1. The zero-order valence-electron chi connectivity index (χ0n) is 13.6. The fourth-order valence-corrected chi connectivity index (χ4v) is 2.53. The van der Waals surface area contributed by atoms with Gasteiger partial charge in [-0.25, -0.2) is 4.79 Å². The van der Waals surface area contributed by atoms with E-state index in [0.29, 0.717) is 5.82 Å². The van der Waals surface area contributed by atoms with Gasteiger partial charge in [0.15, 0.2) is 0 Å². The molecule has 6 nitrogen and oxygen atoms in total. The highest BCUT2D eigenvalue weighted by molar-refractivity contribution is 5.88. The third kappa shape index (κ3) is 3.60. The van der Waals surface area contributed by atoms with Gasteiger partial charge >= 0.3 is 6.03 Å². The van der Waals surface area contributed by atoms with Crippen LogP contribution in [0.3, 0.4) is 0 Å². The number of hydrogen-bond acceptors (Lipinski definition) is 3. The Labute approximate surface area is 140 Å². The molecule has 6 heteroatoms. The molecule has 0 saturated heterocycles. The van der Waals surface area contributed by atoms with Gasteiger partial charge in [-0.05, 0) is 24.6 Å². The molecule has 0 radical (unpaired) electrons. The van der Waals surface area contributed by atoms with Crippen molar-refractivity contribution in [3.8, 4) is 0 Å². The van der Waals surface area contributed by atoms with Crippen molar-refractivity contribution >= 4 is 11.8 Å². The van der Waals surface area contributed by atoms with Crippen molar-refractivity contribution in [1.82, 2.24) is 20.1 Å². The monoisotopic (exact) mass is 321 g/mol. The summed E-state index contributed by atoms with van der Waals surface area (Å²) in [6.07, 6.45) is 1.72. The van der Waals surface area contributed by atoms with Crippen molar-refractivity contribution in [1.29, 1.82) is 0 Å². The summed E-state index contributed by atoms with van der Waals surface area (Å²) in [6.45, 7) is 1.88. The molecule has 0 spiro atoms. The second-order valence-electron chi connectivity index (χ2n) is 5.49. The van der Waals surface area contributed by atoms with E-state index in [1.807, 2.05) is 61.5 Å². The van der Waals surface area contributed by atoms with Crippen LogP contribution < -0.4 is 10.6 Å². The smallest absolute Gasteiger partial charge is 0.321 e. The first-order valence-corrected chi connectivity index (χ1v) is 7.67. The van der Waals surface area contributed by atoms with Crippen molar-refractivity contribution in [3.05, 3.63) is 77.7 Å². The molecule has 122 valence electrons. The summed E-state index contributed by atoms with van der Waals surface area (Å²) in [5, 5.41) is 10.0. The Kier molecular flexibility index (Phi) is 4.56. The van der Waals surface area contributed by atoms with E-state index in [9.17, 15) is 4.79 Å². The summed E-state index contributed by atoms with van der Waals surface area (Å²) in [5.41, 5.74) is 2.59. The van der Waals surface area contributed by atoms with Gasteiger partial charge in [-0.1, -0.05) is 36.4 Å².